The van der Waals surface area contributed by atoms with Gasteiger partial charge in [-0.05, 0) is 70.3 Å². The summed E-state index contributed by atoms with van der Waals surface area (Å²) in [5.74, 6) is 1.08. The number of hydrogen-bond acceptors (Lipinski definition) is 4. The first-order valence-corrected chi connectivity index (χ1v) is 8.83. The van der Waals surface area contributed by atoms with Crippen LogP contribution >= 0.6 is 0 Å². The second kappa shape index (κ2) is 6.25. The zero-order valence-electron chi connectivity index (χ0n) is 13.4. The average Bonchev–Trinajstić information content (AvgIpc) is 3.35. The number of carbonyl (C=O) groups is 1. The molecule has 0 spiro atoms. The normalized spacial score (nSPS) is 32.6. The van der Waals surface area contributed by atoms with Gasteiger partial charge in [0.05, 0.1) is 6.61 Å². The lowest BCUT2D eigenvalue weighted by atomic mass is 9.85. The zero-order valence-corrected chi connectivity index (χ0v) is 13.4. The highest BCUT2D eigenvalue weighted by Gasteiger charge is 2.47. The van der Waals surface area contributed by atoms with Crippen molar-refractivity contribution in [1.29, 1.82) is 0 Å². The number of rotatable bonds is 8. The van der Waals surface area contributed by atoms with Crippen LogP contribution in [0.4, 0.5) is 0 Å². The van der Waals surface area contributed by atoms with Crippen molar-refractivity contribution >= 4 is 5.97 Å². The van der Waals surface area contributed by atoms with Crippen molar-refractivity contribution < 1.29 is 9.53 Å². The molecule has 0 aromatic heterocycles. The van der Waals surface area contributed by atoms with Crippen LogP contribution in [0.1, 0.15) is 58.3 Å². The van der Waals surface area contributed by atoms with Crippen LogP contribution in [-0.4, -0.2) is 42.1 Å². The summed E-state index contributed by atoms with van der Waals surface area (Å²) in [7, 11) is 0. The fourth-order valence-electron chi connectivity index (χ4n) is 3.86. The molecule has 0 aromatic rings. The Morgan fingerprint density at radius 1 is 1.29 bits per heavy atom. The zero-order chi connectivity index (χ0) is 14.9. The van der Waals surface area contributed by atoms with Crippen LogP contribution in [0.15, 0.2) is 0 Å². The fourth-order valence-corrected chi connectivity index (χ4v) is 3.86. The van der Waals surface area contributed by atoms with Crippen molar-refractivity contribution in [3.8, 4) is 0 Å². The average molecular weight is 294 g/mol. The largest absolute Gasteiger partial charge is 0.465 e. The number of esters is 1. The third-order valence-electron chi connectivity index (χ3n) is 5.54. The molecule has 0 saturated heterocycles. The Balaban J connectivity index is 1.53. The summed E-state index contributed by atoms with van der Waals surface area (Å²) in [6.07, 6.45) is 9.54. The molecule has 3 aliphatic rings. The Labute approximate surface area is 128 Å². The summed E-state index contributed by atoms with van der Waals surface area (Å²) >= 11 is 0. The predicted octanol–water partition coefficient (Wildman–Crippen LogP) is 2.31. The minimum absolute atomic E-state index is 0.173. The number of ether oxygens (including phenoxy) is 1. The Morgan fingerprint density at radius 2 is 2.05 bits per heavy atom. The minimum atomic E-state index is -0.717. The summed E-state index contributed by atoms with van der Waals surface area (Å²) < 4.78 is 5.22. The van der Waals surface area contributed by atoms with Crippen LogP contribution < -0.4 is 5.73 Å². The van der Waals surface area contributed by atoms with E-state index in [1.54, 1.807) is 0 Å². The molecule has 3 aliphatic carbocycles. The summed E-state index contributed by atoms with van der Waals surface area (Å²) in [5.41, 5.74) is 5.71. The lowest BCUT2D eigenvalue weighted by Crippen LogP contribution is -2.52. The molecule has 3 fully saturated rings. The quantitative estimate of drug-likeness (QED) is 0.698. The van der Waals surface area contributed by atoms with Crippen molar-refractivity contribution in [1.82, 2.24) is 4.90 Å². The number of nitrogens with zero attached hydrogens (tertiary/aromatic N) is 1. The van der Waals surface area contributed by atoms with Crippen LogP contribution in [-0.2, 0) is 9.53 Å². The molecule has 120 valence electrons. The van der Waals surface area contributed by atoms with Gasteiger partial charge in [0.2, 0.25) is 0 Å². The maximum absolute atomic E-state index is 12.2. The second-order valence-electron chi connectivity index (χ2n) is 7.31. The molecule has 3 rings (SSSR count). The Hall–Kier alpha value is -0.610. The summed E-state index contributed by atoms with van der Waals surface area (Å²) in [4.78, 5) is 14.9. The van der Waals surface area contributed by atoms with E-state index in [0.29, 0.717) is 12.5 Å². The van der Waals surface area contributed by atoms with Crippen LogP contribution in [0, 0.1) is 11.8 Å². The highest BCUT2D eigenvalue weighted by atomic mass is 16.5. The molecule has 2 atom stereocenters. The first-order valence-electron chi connectivity index (χ1n) is 8.83. The van der Waals surface area contributed by atoms with E-state index in [2.05, 4.69) is 4.90 Å². The van der Waals surface area contributed by atoms with Crippen molar-refractivity contribution in [3.05, 3.63) is 0 Å². The Morgan fingerprint density at radius 3 is 2.67 bits per heavy atom. The van der Waals surface area contributed by atoms with Gasteiger partial charge in [-0.1, -0.05) is 6.42 Å². The molecule has 0 radical (unpaired) electrons. The van der Waals surface area contributed by atoms with Crippen molar-refractivity contribution in [2.24, 2.45) is 17.6 Å². The van der Waals surface area contributed by atoms with Gasteiger partial charge in [0, 0.05) is 12.6 Å². The molecule has 2 N–H and O–H groups in total. The van der Waals surface area contributed by atoms with Crippen molar-refractivity contribution in [2.45, 2.75) is 69.9 Å². The fraction of sp³-hybridized carbons (Fsp3) is 0.941. The minimum Gasteiger partial charge on any atom is -0.465 e. The molecule has 4 nitrogen and oxygen atoms in total. The highest BCUT2D eigenvalue weighted by molar-refractivity contribution is 5.81. The molecular weight excluding hydrogens is 264 g/mol. The van der Waals surface area contributed by atoms with Gasteiger partial charge >= 0.3 is 5.97 Å². The van der Waals surface area contributed by atoms with E-state index in [1.807, 2.05) is 6.92 Å². The van der Waals surface area contributed by atoms with Crippen LogP contribution in [0.25, 0.3) is 0 Å². The van der Waals surface area contributed by atoms with Gasteiger partial charge in [-0.15, -0.1) is 0 Å². The van der Waals surface area contributed by atoms with E-state index < -0.39 is 5.54 Å². The molecule has 2 unspecified atom stereocenters. The molecule has 0 amide bonds. The van der Waals surface area contributed by atoms with Gasteiger partial charge in [0.1, 0.15) is 5.54 Å². The lowest BCUT2D eigenvalue weighted by Gasteiger charge is -2.31. The van der Waals surface area contributed by atoms with Crippen molar-refractivity contribution in [3.63, 3.8) is 0 Å². The van der Waals surface area contributed by atoms with Gasteiger partial charge in [-0.25, -0.2) is 0 Å². The molecule has 0 aromatic carbocycles. The first kappa shape index (κ1) is 15.3. The molecule has 21 heavy (non-hydrogen) atoms. The predicted molar refractivity (Wildman–Crippen MR) is 82.8 cm³/mol. The van der Waals surface area contributed by atoms with E-state index in [0.717, 1.165) is 44.2 Å². The van der Waals surface area contributed by atoms with E-state index >= 15 is 0 Å². The summed E-state index contributed by atoms with van der Waals surface area (Å²) in [6, 6.07) is 0.821. The third-order valence-corrected chi connectivity index (χ3v) is 5.54. The third kappa shape index (κ3) is 3.59. The van der Waals surface area contributed by atoms with Crippen LogP contribution in [0.5, 0.6) is 0 Å². The van der Waals surface area contributed by atoms with E-state index in [-0.39, 0.29) is 5.97 Å². The maximum Gasteiger partial charge on any atom is 0.326 e. The smallest absolute Gasteiger partial charge is 0.326 e. The Bertz CT molecular complexity index is 379. The van der Waals surface area contributed by atoms with Gasteiger partial charge in [0.25, 0.3) is 0 Å². The Kier molecular flexibility index (Phi) is 4.55. The number of nitrogens with two attached hydrogens (primary N) is 1. The standard InChI is InChI=1S/C17H30N2O2/c1-2-21-16(20)17(18)10-3-4-14(17)9-11-19(15-7-8-15)12-13-5-6-13/h13-15H,2-12,18H2,1H3. The molecule has 4 heteroatoms. The molecule has 0 aliphatic heterocycles. The SMILES string of the molecule is CCOC(=O)C1(N)CCCC1CCN(CC1CC1)C1CC1. The maximum atomic E-state index is 12.2. The number of carbonyl (C=O) groups excluding carboxylic acids is 1. The second-order valence-corrected chi connectivity index (χ2v) is 7.31. The molecule has 0 heterocycles. The van der Waals surface area contributed by atoms with Gasteiger partial charge < -0.3 is 15.4 Å². The van der Waals surface area contributed by atoms with E-state index in [4.69, 9.17) is 10.5 Å². The summed E-state index contributed by atoms with van der Waals surface area (Å²) in [6.45, 7) is 4.68. The lowest BCUT2D eigenvalue weighted by molar-refractivity contribution is -0.151. The van der Waals surface area contributed by atoms with Gasteiger partial charge in [0.15, 0.2) is 0 Å². The first-order chi connectivity index (χ1) is 10.1. The van der Waals surface area contributed by atoms with Crippen LogP contribution in [0.3, 0.4) is 0 Å². The molecule has 0 bridgehead atoms. The molecular formula is C17H30N2O2. The highest BCUT2D eigenvalue weighted by Crippen LogP contribution is 2.39. The van der Waals surface area contributed by atoms with E-state index in [1.165, 1.54) is 32.2 Å². The van der Waals surface area contributed by atoms with Crippen molar-refractivity contribution in [2.75, 3.05) is 19.7 Å². The molecule has 3 saturated carbocycles. The van der Waals surface area contributed by atoms with E-state index in [9.17, 15) is 4.79 Å². The topological polar surface area (TPSA) is 55.6 Å². The summed E-state index contributed by atoms with van der Waals surface area (Å²) in [5, 5.41) is 0. The van der Waals surface area contributed by atoms with Gasteiger partial charge in [-0.2, -0.15) is 0 Å². The number of hydrogen-bond donors (Lipinski definition) is 1. The van der Waals surface area contributed by atoms with Gasteiger partial charge in [-0.3, -0.25) is 4.79 Å². The monoisotopic (exact) mass is 294 g/mol. The van der Waals surface area contributed by atoms with Crippen LogP contribution in [0.2, 0.25) is 0 Å².